The first kappa shape index (κ1) is 14.2. The first-order valence-electron chi connectivity index (χ1n) is 6.62. The van der Waals surface area contributed by atoms with E-state index in [-0.39, 0.29) is 11.7 Å². The summed E-state index contributed by atoms with van der Waals surface area (Å²) >= 11 is 0. The summed E-state index contributed by atoms with van der Waals surface area (Å²) in [6.45, 7) is 1.67. The van der Waals surface area contributed by atoms with Crippen LogP contribution in [0.1, 0.15) is 18.4 Å². The number of hydrogen-bond acceptors (Lipinski definition) is 3. The molecule has 0 aromatic heterocycles. The lowest BCUT2D eigenvalue weighted by molar-refractivity contribution is 0.0852. The van der Waals surface area contributed by atoms with Crippen molar-refractivity contribution < 1.29 is 13.5 Å². The molecule has 1 fully saturated rings. The van der Waals surface area contributed by atoms with Gasteiger partial charge in [-0.1, -0.05) is 0 Å². The number of halogens is 2. The van der Waals surface area contributed by atoms with Crippen molar-refractivity contribution in [1.82, 2.24) is 0 Å². The second-order valence-electron chi connectivity index (χ2n) is 4.90. The molecule has 1 aromatic carbocycles. The summed E-state index contributed by atoms with van der Waals surface area (Å²) in [7, 11) is 1.74. The molecule has 106 valence electrons. The molecule has 1 heterocycles. The summed E-state index contributed by atoms with van der Waals surface area (Å²) in [5.41, 5.74) is 6.05. The summed E-state index contributed by atoms with van der Waals surface area (Å²) in [6.07, 6.45) is 2.06. The first-order chi connectivity index (χ1) is 9.13. The molecule has 0 amide bonds. The molecule has 1 saturated heterocycles. The molecule has 5 heteroatoms. The lowest BCUT2D eigenvalue weighted by Gasteiger charge is -2.33. The van der Waals surface area contributed by atoms with Crippen LogP contribution in [0.5, 0.6) is 0 Å². The van der Waals surface area contributed by atoms with E-state index in [1.54, 1.807) is 11.9 Å². The predicted molar refractivity (Wildman–Crippen MR) is 71.4 cm³/mol. The first-order valence-corrected chi connectivity index (χ1v) is 6.62. The summed E-state index contributed by atoms with van der Waals surface area (Å²) in [6, 6.07) is 2.88. The van der Waals surface area contributed by atoms with Crippen LogP contribution in [0.25, 0.3) is 0 Å². The quantitative estimate of drug-likeness (QED) is 0.910. The van der Waals surface area contributed by atoms with Crippen molar-refractivity contribution >= 4 is 5.69 Å². The fourth-order valence-electron chi connectivity index (χ4n) is 2.52. The van der Waals surface area contributed by atoms with Gasteiger partial charge in [-0.3, -0.25) is 0 Å². The van der Waals surface area contributed by atoms with Crippen LogP contribution in [0.3, 0.4) is 0 Å². The van der Waals surface area contributed by atoms with Crippen LogP contribution in [-0.4, -0.2) is 32.8 Å². The molecule has 3 nitrogen and oxygen atoms in total. The summed E-state index contributed by atoms with van der Waals surface area (Å²) in [5.74, 6) is -1.03. The molecule has 0 unspecified atom stereocenters. The van der Waals surface area contributed by atoms with E-state index in [0.29, 0.717) is 31.7 Å². The molecule has 19 heavy (non-hydrogen) atoms. The van der Waals surface area contributed by atoms with Crippen LogP contribution in [0.4, 0.5) is 14.5 Å². The molecule has 0 aliphatic carbocycles. The Balaban J connectivity index is 2.23. The maximum Gasteiger partial charge on any atom is 0.149 e. The minimum Gasteiger partial charge on any atom is -0.381 e. The fourth-order valence-corrected chi connectivity index (χ4v) is 2.52. The molecular weight excluding hydrogens is 250 g/mol. The van der Waals surface area contributed by atoms with Gasteiger partial charge in [0.25, 0.3) is 0 Å². The van der Waals surface area contributed by atoms with E-state index in [4.69, 9.17) is 10.5 Å². The topological polar surface area (TPSA) is 38.5 Å². The van der Waals surface area contributed by atoms with Crippen molar-refractivity contribution in [2.75, 3.05) is 31.7 Å². The van der Waals surface area contributed by atoms with Crippen LogP contribution in [0, 0.1) is 11.6 Å². The Morgan fingerprint density at radius 1 is 1.26 bits per heavy atom. The van der Waals surface area contributed by atoms with Gasteiger partial charge in [0.05, 0.1) is 0 Å². The monoisotopic (exact) mass is 270 g/mol. The molecule has 0 bridgehead atoms. The SMILES string of the molecule is CN(c1c(F)cc(CCN)cc1F)C1CCOCC1. The molecular formula is C14H20F2N2O. The van der Waals surface area contributed by atoms with Gasteiger partial charge < -0.3 is 15.4 Å². The largest absolute Gasteiger partial charge is 0.381 e. The van der Waals surface area contributed by atoms with E-state index >= 15 is 0 Å². The number of nitrogens with two attached hydrogens (primary N) is 1. The van der Waals surface area contributed by atoms with Gasteiger partial charge in [-0.15, -0.1) is 0 Å². The van der Waals surface area contributed by atoms with E-state index in [0.717, 1.165) is 12.8 Å². The molecule has 2 N–H and O–H groups in total. The van der Waals surface area contributed by atoms with Crippen LogP contribution in [0.2, 0.25) is 0 Å². The molecule has 0 saturated carbocycles. The zero-order chi connectivity index (χ0) is 13.8. The maximum absolute atomic E-state index is 14.1. The smallest absolute Gasteiger partial charge is 0.149 e. The van der Waals surface area contributed by atoms with Crippen LogP contribution < -0.4 is 10.6 Å². The Bertz CT molecular complexity index is 410. The van der Waals surface area contributed by atoms with Gasteiger partial charge in [-0.25, -0.2) is 8.78 Å². The standard InChI is InChI=1S/C14H20F2N2O/c1-18(11-3-6-19-7-4-11)14-12(15)8-10(2-5-17)9-13(14)16/h8-9,11H,2-7,17H2,1H3. The van der Waals surface area contributed by atoms with Gasteiger partial charge >= 0.3 is 0 Å². The van der Waals surface area contributed by atoms with Gasteiger partial charge in [-0.05, 0) is 43.5 Å². The van der Waals surface area contributed by atoms with Crippen molar-refractivity contribution in [3.63, 3.8) is 0 Å². The second-order valence-corrected chi connectivity index (χ2v) is 4.90. The maximum atomic E-state index is 14.1. The molecule has 0 atom stereocenters. The zero-order valence-electron chi connectivity index (χ0n) is 11.2. The summed E-state index contributed by atoms with van der Waals surface area (Å²) in [4.78, 5) is 1.69. The average molecular weight is 270 g/mol. The Morgan fingerprint density at radius 2 is 1.84 bits per heavy atom. The third-order valence-corrected chi connectivity index (χ3v) is 3.60. The van der Waals surface area contributed by atoms with Crippen LogP contribution in [0.15, 0.2) is 12.1 Å². The highest BCUT2D eigenvalue weighted by Crippen LogP contribution is 2.28. The molecule has 2 rings (SSSR count). The molecule has 0 spiro atoms. The molecule has 1 aliphatic heterocycles. The van der Waals surface area contributed by atoms with Crippen molar-refractivity contribution in [3.8, 4) is 0 Å². The van der Waals surface area contributed by atoms with Gasteiger partial charge in [0, 0.05) is 26.3 Å². The second kappa shape index (κ2) is 6.30. The third kappa shape index (κ3) is 3.22. The number of ether oxygens (including phenoxy) is 1. The van der Waals surface area contributed by atoms with Crippen LogP contribution in [-0.2, 0) is 11.2 Å². The van der Waals surface area contributed by atoms with E-state index in [2.05, 4.69) is 0 Å². The molecule has 0 radical (unpaired) electrons. The number of anilines is 1. The van der Waals surface area contributed by atoms with E-state index in [1.165, 1.54) is 12.1 Å². The minimum absolute atomic E-state index is 0.0488. The highest BCUT2D eigenvalue weighted by Gasteiger charge is 2.23. The van der Waals surface area contributed by atoms with Crippen molar-refractivity contribution in [3.05, 3.63) is 29.3 Å². The number of rotatable bonds is 4. The van der Waals surface area contributed by atoms with Gasteiger partial charge in [0.2, 0.25) is 0 Å². The van der Waals surface area contributed by atoms with Crippen LogP contribution >= 0.6 is 0 Å². The lowest BCUT2D eigenvalue weighted by Crippen LogP contribution is -2.37. The predicted octanol–water partition coefficient (Wildman–Crippen LogP) is 2.08. The number of benzene rings is 1. The van der Waals surface area contributed by atoms with Crippen molar-refractivity contribution in [2.45, 2.75) is 25.3 Å². The Labute approximate surface area is 112 Å². The minimum atomic E-state index is -0.516. The third-order valence-electron chi connectivity index (χ3n) is 3.60. The average Bonchev–Trinajstić information content (AvgIpc) is 2.39. The zero-order valence-corrected chi connectivity index (χ0v) is 11.2. The van der Waals surface area contributed by atoms with Crippen molar-refractivity contribution in [2.24, 2.45) is 5.73 Å². The van der Waals surface area contributed by atoms with E-state index < -0.39 is 11.6 Å². The highest BCUT2D eigenvalue weighted by atomic mass is 19.1. The Kier molecular flexibility index (Phi) is 4.71. The lowest BCUT2D eigenvalue weighted by atomic mass is 10.1. The van der Waals surface area contributed by atoms with Gasteiger partial charge in [0.1, 0.15) is 17.3 Å². The Morgan fingerprint density at radius 3 is 2.37 bits per heavy atom. The normalized spacial score (nSPS) is 16.6. The highest BCUT2D eigenvalue weighted by molar-refractivity contribution is 5.51. The molecule has 1 aliphatic rings. The van der Waals surface area contributed by atoms with Gasteiger partial charge in [-0.2, -0.15) is 0 Å². The fraction of sp³-hybridized carbons (Fsp3) is 0.571. The number of hydrogen-bond donors (Lipinski definition) is 1. The summed E-state index contributed by atoms with van der Waals surface area (Å²) < 4.78 is 33.4. The van der Waals surface area contributed by atoms with Gasteiger partial charge in [0.15, 0.2) is 0 Å². The van der Waals surface area contributed by atoms with E-state index in [1.807, 2.05) is 0 Å². The van der Waals surface area contributed by atoms with Crippen molar-refractivity contribution in [1.29, 1.82) is 0 Å². The summed E-state index contributed by atoms with van der Waals surface area (Å²) in [5, 5.41) is 0. The number of nitrogens with zero attached hydrogens (tertiary/aromatic N) is 1. The molecule has 1 aromatic rings. The Hall–Kier alpha value is -1.20. The van der Waals surface area contributed by atoms with E-state index in [9.17, 15) is 8.78 Å².